The maximum Gasteiger partial charge on any atom is 0.314 e. The van der Waals surface area contributed by atoms with E-state index in [0.717, 1.165) is 32.1 Å². The highest BCUT2D eigenvalue weighted by molar-refractivity contribution is 5.99. The van der Waals surface area contributed by atoms with Crippen LogP contribution in [0.3, 0.4) is 0 Å². The first-order valence-electron chi connectivity index (χ1n) is 8.13. The quantitative estimate of drug-likeness (QED) is 0.329. The first kappa shape index (κ1) is 18.3. The van der Waals surface area contributed by atoms with Crippen molar-refractivity contribution in [1.82, 2.24) is 0 Å². The normalized spacial score (nSPS) is 15.0. The molecule has 1 fully saturated rings. The third-order valence-corrected chi connectivity index (χ3v) is 4.13. The molecule has 0 atom stereocenters. The molecule has 0 radical (unpaired) electrons. The molecular weight excluding hydrogens is 312 g/mol. The van der Waals surface area contributed by atoms with Crippen LogP contribution in [0.25, 0.3) is 0 Å². The van der Waals surface area contributed by atoms with Crippen LogP contribution in [0.4, 0.5) is 0 Å². The highest BCUT2D eigenvalue weighted by atomic mass is 16.7. The van der Waals surface area contributed by atoms with E-state index >= 15 is 0 Å². The lowest BCUT2D eigenvalue weighted by molar-refractivity contribution is -0.140. The van der Waals surface area contributed by atoms with Gasteiger partial charge >= 0.3 is 5.97 Å². The van der Waals surface area contributed by atoms with Gasteiger partial charge in [-0.05, 0) is 31.9 Å². The molecule has 0 bridgehead atoms. The van der Waals surface area contributed by atoms with Gasteiger partial charge in [0, 0.05) is 7.11 Å². The molecule has 0 spiro atoms. The van der Waals surface area contributed by atoms with E-state index in [2.05, 4.69) is 0 Å². The van der Waals surface area contributed by atoms with E-state index in [1.165, 1.54) is 21.1 Å². The lowest BCUT2D eigenvalue weighted by Gasteiger charge is -2.22. The second-order valence-electron chi connectivity index (χ2n) is 5.84. The van der Waals surface area contributed by atoms with E-state index in [1.54, 1.807) is 12.1 Å². The molecule has 0 aromatic heterocycles. The van der Waals surface area contributed by atoms with Crippen LogP contribution in [0.15, 0.2) is 12.1 Å². The highest BCUT2D eigenvalue weighted by Crippen LogP contribution is 2.41. The molecule has 2 rings (SSSR count). The summed E-state index contributed by atoms with van der Waals surface area (Å²) in [5, 5.41) is 0. The van der Waals surface area contributed by atoms with Crippen molar-refractivity contribution in [3.05, 3.63) is 17.7 Å². The Bertz CT molecular complexity index is 589. The zero-order chi connectivity index (χ0) is 17.5. The predicted octanol–water partition coefficient (Wildman–Crippen LogP) is 3.37. The number of carbonyl (C=O) groups is 2. The SMILES string of the molecule is COCOc1ccc(C(C)=O)c(OC(=O)C2CCCCC2)c1OC. The van der Waals surface area contributed by atoms with Gasteiger partial charge < -0.3 is 18.9 Å². The Morgan fingerprint density at radius 2 is 1.79 bits per heavy atom. The minimum absolute atomic E-state index is 0.0196. The Morgan fingerprint density at radius 1 is 1.08 bits per heavy atom. The van der Waals surface area contributed by atoms with E-state index in [1.807, 2.05) is 0 Å². The fraction of sp³-hybridized carbons (Fsp3) is 0.556. The summed E-state index contributed by atoms with van der Waals surface area (Å²) in [4.78, 5) is 24.4. The zero-order valence-corrected chi connectivity index (χ0v) is 14.4. The average Bonchev–Trinajstić information content (AvgIpc) is 2.60. The lowest BCUT2D eigenvalue weighted by atomic mass is 9.89. The Morgan fingerprint density at radius 3 is 2.38 bits per heavy atom. The number of esters is 1. The number of hydrogen-bond donors (Lipinski definition) is 0. The maximum absolute atomic E-state index is 12.5. The molecule has 24 heavy (non-hydrogen) atoms. The van der Waals surface area contributed by atoms with Crippen molar-refractivity contribution in [3.63, 3.8) is 0 Å². The summed E-state index contributed by atoms with van der Waals surface area (Å²) in [6.45, 7) is 1.44. The monoisotopic (exact) mass is 336 g/mol. The van der Waals surface area contributed by atoms with Crippen LogP contribution in [0.1, 0.15) is 49.4 Å². The molecule has 0 N–H and O–H groups in total. The van der Waals surface area contributed by atoms with E-state index in [4.69, 9.17) is 18.9 Å². The van der Waals surface area contributed by atoms with Crippen LogP contribution in [0.5, 0.6) is 17.2 Å². The molecule has 0 amide bonds. The summed E-state index contributed by atoms with van der Waals surface area (Å²) in [6, 6.07) is 3.17. The van der Waals surface area contributed by atoms with Crippen LogP contribution >= 0.6 is 0 Å². The molecule has 1 saturated carbocycles. The van der Waals surface area contributed by atoms with Crippen molar-refractivity contribution in [2.75, 3.05) is 21.0 Å². The Balaban J connectivity index is 2.32. The van der Waals surface area contributed by atoms with Crippen molar-refractivity contribution in [3.8, 4) is 17.2 Å². The number of ether oxygens (including phenoxy) is 4. The average molecular weight is 336 g/mol. The summed E-state index contributed by atoms with van der Waals surface area (Å²) in [5.74, 6) is 0.0399. The van der Waals surface area contributed by atoms with Gasteiger partial charge in [-0.2, -0.15) is 0 Å². The van der Waals surface area contributed by atoms with Crippen molar-refractivity contribution >= 4 is 11.8 Å². The zero-order valence-electron chi connectivity index (χ0n) is 14.4. The first-order chi connectivity index (χ1) is 11.6. The molecule has 0 aliphatic heterocycles. The number of carbonyl (C=O) groups excluding carboxylic acids is 2. The summed E-state index contributed by atoms with van der Waals surface area (Å²) < 4.78 is 21.2. The largest absolute Gasteiger partial charge is 0.490 e. The summed E-state index contributed by atoms with van der Waals surface area (Å²) in [7, 11) is 2.94. The number of ketones is 1. The second-order valence-corrected chi connectivity index (χ2v) is 5.84. The van der Waals surface area contributed by atoms with Crippen molar-refractivity contribution in [2.24, 2.45) is 5.92 Å². The molecule has 6 heteroatoms. The fourth-order valence-electron chi connectivity index (χ4n) is 2.87. The maximum atomic E-state index is 12.5. The number of methoxy groups -OCH3 is 2. The third kappa shape index (κ3) is 4.26. The van der Waals surface area contributed by atoms with E-state index in [0.29, 0.717) is 11.3 Å². The van der Waals surface area contributed by atoms with Crippen LogP contribution < -0.4 is 14.2 Å². The smallest absolute Gasteiger partial charge is 0.314 e. The number of Topliss-reactive ketones (excluding diaryl/α,β-unsaturated/α-hetero) is 1. The number of hydrogen-bond acceptors (Lipinski definition) is 6. The van der Waals surface area contributed by atoms with Crippen LogP contribution in [0.2, 0.25) is 0 Å². The van der Waals surface area contributed by atoms with Crippen LogP contribution in [-0.2, 0) is 9.53 Å². The lowest BCUT2D eigenvalue weighted by Crippen LogP contribution is -2.23. The Hall–Kier alpha value is -2.08. The number of rotatable bonds is 7. The molecule has 0 unspecified atom stereocenters. The fourth-order valence-corrected chi connectivity index (χ4v) is 2.87. The van der Waals surface area contributed by atoms with E-state index in [9.17, 15) is 9.59 Å². The second kappa shape index (κ2) is 8.68. The molecular formula is C18H24O6. The predicted molar refractivity (Wildman–Crippen MR) is 87.7 cm³/mol. The van der Waals surface area contributed by atoms with Gasteiger partial charge in [0.15, 0.2) is 24.1 Å². The van der Waals surface area contributed by atoms with Gasteiger partial charge in [-0.3, -0.25) is 9.59 Å². The van der Waals surface area contributed by atoms with Gasteiger partial charge in [0.2, 0.25) is 5.75 Å². The third-order valence-electron chi connectivity index (χ3n) is 4.13. The molecule has 0 heterocycles. The minimum Gasteiger partial charge on any atom is -0.490 e. The van der Waals surface area contributed by atoms with Gasteiger partial charge in [-0.1, -0.05) is 19.3 Å². The minimum atomic E-state index is -0.320. The Labute approximate surface area is 142 Å². The van der Waals surface area contributed by atoms with Gasteiger partial charge in [0.25, 0.3) is 0 Å². The number of benzene rings is 1. The summed E-state index contributed by atoms with van der Waals surface area (Å²) in [5.41, 5.74) is 0.292. The summed E-state index contributed by atoms with van der Waals surface area (Å²) in [6.07, 6.45) is 4.82. The molecule has 1 aromatic rings. The summed E-state index contributed by atoms with van der Waals surface area (Å²) >= 11 is 0. The highest BCUT2D eigenvalue weighted by Gasteiger charge is 2.27. The van der Waals surface area contributed by atoms with Gasteiger partial charge in [0.05, 0.1) is 18.6 Å². The molecule has 1 aliphatic carbocycles. The van der Waals surface area contributed by atoms with Gasteiger partial charge in [-0.15, -0.1) is 0 Å². The van der Waals surface area contributed by atoms with Crippen molar-refractivity contribution in [1.29, 1.82) is 0 Å². The van der Waals surface area contributed by atoms with Crippen LogP contribution in [0, 0.1) is 5.92 Å². The molecule has 0 saturated heterocycles. The molecule has 1 aliphatic rings. The van der Waals surface area contributed by atoms with Gasteiger partial charge in [0.1, 0.15) is 0 Å². The first-order valence-corrected chi connectivity index (χ1v) is 8.13. The standard InChI is InChI=1S/C18H24O6/c1-12(19)14-9-10-15(23-11-21-2)17(22-3)16(14)24-18(20)13-7-5-4-6-8-13/h9-10,13H,4-8,11H2,1-3H3. The molecule has 1 aromatic carbocycles. The molecule has 132 valence electrons. The van der Waals surface area contributed by atoms with Crippen molar-refractivity contribution < 1.29 is 28.5 Å². The Kier molecular flexibility index (Phi) is 6.61. The van der Waals surface area contributed by atoms with Crippen LogP contribution in [-0.4, -0.2) is 32.8 Å². The van der Waals surface area contributed by atoms with E-state index < -0.39 is 0 Å². The van der Waals surface area contributed by atoms with E-state index in [-0.39, 0.29) is 36.0 Å². The van der Waals surface area contributed by atoms with Gasteiger partial charge in [-0.25, -0.2) is 0 Å². The molecule has 6 nitrogen and oxygen atoms in total. The topological polar surface area (TPSA) is 71.1 Å². The van der Waals surface area contributed by atoms with Crippen molar-refractivity contribution in [2.45, 2.75) is 39.0 Å².